The minimum atomic E-state index is -1.06. The zero-order valence-electron chi connectivity index (χ0n) is 46.1. The van der Waals surface area contributed by atoms with E-state index in [1.54, 1.807) is 0 Å². The van der Waals surface area contributed by atoms with E-state index < -0.39 is 229 Å². The molecule has 0 aliphatic heterocycles. The van der Waals surface area contributed by atoms with E-state index in [0.717, 1.165) is 0 Å². The second-order valence-corrected chi connectivity index (χ2v) is 9.09. The van der Waals surface area contributed by atoms with Gasteiger partial charge in [0.15, 0.2) is 17.2 Å². The smallest absolute Gasteiger partial charge is 0.238 e. The van der Waals surface area contributed by atoms with Crippen LogP contribution in [0.25, 0.3) is 66.7 Å². The van der Waals surface area contributed by atoms with Crippen molar-refractivity contribution in [2.75, 3.05) is 4.90 Å². The van der Waals surface area contributed by atoms with E-state index in [1.165, 1.54) is 0 Å². The molecular formula is C39H24N4O2. The molecule has 9 rings (SSSR count). The predicted octanol–water partition coefficient (Wildman–Crippen LogP) is 10.5. The first-order valence-electron chi connectivity index (χ1n) is 24.8. The molecule has 0 aliphatic carbocycles. The fourth-order valence-electron chi connectivity index (χ4n) is 4.61. The van der Waals surface area contributed by atoms with Gasteiger partial charge in [-0.25, -0.2) is 4.98 Å². The van der Waals surface area contributed by atoms with Crippen molar-refractivity contribution in [1.82, 2.24) is 15.0 Å². The molecule has 45 heavy (non-hydrogen) atoms. The molecule has 9 aromatic rings. The number of rotatable bonds is 5. The highest BCUT2D eigenvalue weighted by atomic mass is 16.3. The largest absolute Gasteiger partial charge is 0.456 e. The van der Waals surface area contributed by atoms with Crippen LogP contribution in [0.15, 0.2) is 154 Å². The van der Waals surface area contributed by atoms with Crippen molar-refractivity contribution in [2.45, 2.75) is 0 Å². The first-order valence-corrected chi connectivity index (χ1v) is 12.8. The summed E-state index contributed by atoms with van der Waals surface area (Å²) in [6.07, 6.45) is 0. The second kappa shape index (κ2) is 10.2. The Labute approximate surface area is 291 Å². The predicted molar refractivity (Wildman–Crippen MR) is 180 cm³/mol. The third-order valence-electron chi connectivity index (χ3n) is 6.51. The highest BCUT2D eigenvalue weighted by Gasteiger charge is 2.23. The van der Waals surface area contributed by atoms with Crippen molar-refractivity contribution in [3.63, 3.8) is 0 Å². The molecular weight excluding hydrogens is 556 g/mol. The maximum Gasteiger partial charge on any atom is 0.238 e. The minimum Gasteiger partial charge on any atom is -0.456 e. The van der Waals surface area contributed by atoms with Gasteiger partial charge in [-0.15, -0.1) is 0 Å². The standard InChI is InChI=1S/C39H24N4O2/c1-3-12-25(13-4-1)37-40-38(26-22-23-35-31(24-26)29-17-8-9-20-33(29)44-35)42-39(41-37)43(27-14-5-2-6-15-27)32-19-11-18-30-28-16-7-10-21-34(28)45-36(30)32/h1-24H/i1D,2D,3D,4D,5D,6D,7D,8D,9D,10D,11D,12D,13D,14D,15D,16D,17D,18D,19D,20D,21D,22D,23D,24D. The molecule has 3 heterocycles. The van der Waals surface area contributed by atoms with Crippen LogP contribution < -0.4 is 4.90 Å². The van der Waals surface area contributed by atoms with Crippen LogP contribution in [-0.2, 0) is 0 Å². The highest BCUT2D eigenvalue weighted by Crippen LogP contribution is 2.41. The monoisotopic (exact) mass is 604 g/mol. The molecule has 6 heteroatoms. The van der Waals surface area contributed by atoms with Gasteiger partial charge in [0.1, 0.15) is 16.7 Å². The van der Waals surface area contributed by atoms with Crippen molar-refractivity contribution >= 4 is 61.2 Å². The summed E-state index contributed by atoms with van der Waals surface area (Å²) in [6.45, 7) is 0. The van der Waals surface area contributed by atoms with Gasteiger partial charge in [-0.2, -0.15) is 9.97 Å². The Balaban J connectivity index is 1.53. The van der Waals surface area contributed by atoms with Gasteiger partial charge in [0.2, 0.25) is 5.95 Å². The lowest BCUT2D eigenvalue weighted by Gasteiger charge is -2.24. The molecule has 0 unspecified atom stereocenters. The Morgan fingerprint density at radius 1 is 0.467 bits per heavy atom. The van der Waals surface area contributed by atoms with E-state index in [4.69, 9.17) is 39.0 Å². The Morgan fingerprint density at radius 2 is 1.07 bits per heavy atom. The summed E-state index contributed by atoms with van der Waals surface area (Å²) in [5.41, 5.74) is -5.71. The van der Waals surface area contributed by atoms with Crippen molar-refractivity contribution < 1.29 is 41.7 Å². The summed E-state index contributed by atoms with van der Waals surface area (Å²) in [4.78, 5) is 13.7. The van der Waals surface area contributed by atoms with E-state index in [-0.39, 0.29) is 0 Å². The van der Waals surface area contributed by atoms with Gasteiger partial charge < -0.3 is 8.83 Å². The van der Waals surface area contributed by atoms with Gasteiger partial charge in [0.05, 0.1) is 38.6 Å². The average molecular weight is 605 g/mol. The lowest BCUT2D eigenvalue weighted by atomic mass is 10.1. The van der Waals surface area contributed by atoms with Crippen molar-refractivity contribution in [1.29, 1.82) is 0 Å². The van der Waals surface area contributed by atoms with Gasteiger partial charge in [-0.05, 0) is 48.3 Å². The molecule has 0 N–H and O–H groups in total. The molecule has 0 saturated carbocycles. The van der Waals surface area contributed by atoms with E-state index >= 15 is 0 Å². The molecule has 0 amide bonds. The van der Waals surface area contributed by atoms with Crippen molar-refractivity contribution in [3.8, 4) is 22.8 Å². The number of para-hydroxylation sites is 4. The molecule has 6 aromatic carbocycles. The van der Waals surface area contributed by atoms with Crippen molar-refractivity contribution in [3.05, 3.63) is 145 Å². The SMILES string of the molecule is [2H]c1c([2H])c([2H])c(-c2nc(-c3c([2H])c([2H])c4oc5c([2H])c([2H])c([2H])c([2H])c5c4c3[2H])nc(N(c3c([2H])c([2H])c([2H])c([2H])c3[2H])c3c([2H])c([2H])c([2H])c4c3oc3c([2H])c([2H])c([2H])c([2H])c34)n2)c([2H])c1[2H]. The first kappa shape index (κ1) is 11.0. The minimum absolute atomic E-state index is 0.407. The summed E-state index contributed by atoms with van der Waals surface area (Å²) < 4.78 is 221. The van der Waals surface area contributed by atoms with Crippen LogP contribution >= 0.6 is 0 Å². The average Bonchev–Trinajstić information content (AvgIpc) is 3.93. The lowest BCUT2D eigenvalue weighted by molar-refractivity contribution is 0.668. The summed E-state index contributed by atoms with van der Waals surface area (Å²) in [5.74, 6) is -2.82. The molecule has 3 aromatic heterocycles. The molecule has 0 aliphatic rings. The Hall–Kier alpha value is -6.27. The Morgan fingerprint density at radius 3 is 1.84 bits per heavy atom. The number of benzene rings is 6. The summed E-state index contributed by atoms with van der Waals surface area (Å²) in [5, 5.41) is -1.86. The van der Waals surface area contributed by atoms with Crippen LogP contribution in [0.5, 0.6) is 0 Å². The fourth-order valence-corrected chi connectivity index (χ4v) is 4.61. The number of furan rings is 2. The van der Waals surface area contributed by atoms with E-state index in [0.29, 0.717) is 4.90 Å². The topological polar surface area (TPSA) is 68.2 Å². The molecule has 0 fully saturated rings. The number of hydrogen-bond donors (Lipinski definition) is 0. The van der Waals surface area contributed by atoms with Crippen LogP contribution in [0.1, 0.15) is 32.9 Å². The van der Waals surface area contributed by atoms with Crippen LogP contribution in [-0.4, -0.2) is 15.0 Å². The van der Waals surface area contributed by atoms with Gasteiger partial charge in [0.25, 0.3) is 0 Å². The molecule has 0 spiro atoms. The van der Waals surface area contributed by atoms with E-state index in [9.17, 15) is 2.74 Å². The zero-order chi connectivity index (χ0) is 50.6. The van der Waals surface area contributed by atoms with E-state index in [2.05, 4.69) is 15.0 Å². The molecule has 0 radical (unpaired) electrons. The third kappa shape index (κ3) is 4.23. The fraction of sp³-hybridized carbons (Fsp3) is 0. The quantitative estimate of drug-likeness (QED) is 0.195. The number of nitrogens with zero attached hydrogens (tertiary/aromatic N) is 4. The summed E-state index contributed by atoms with van der Waals surface area (Å²) in [7, 11) is 0. The van der Waals surface area contributed by atoms with Crippen LogP contribution in [0.4, 0.5) is 17.3 Å². The molecule has 212 valence electrons. The normalized spacial score (nSPS) is 19.0. The maximum absolute atomic E-state index is 9.47. The lowest BCUT2D eigenvalue weighted by Crippen LogP contribution is -2.15. The Bertz CT molecular complexity index is 3810. The first-order chi connectivity index (χ1) is 32.3. The van der Waals surface area contributed by atoms with Gasteiger partial charge in [-0.1, -0.05) is 96.7 Å². The highest BCUT2D eigenvalue weighted by molar-refractivity contribution is 6.10. The zero-order valence-corrected chi connectivity index (χ0v) is 22.1. The van der Waals surface area contributed by atoms with Crippen LogP contribution in [0, 0.1) is 0 Å². The van der Waals surface area contributed by atoms with Gasteiger partial charge in [0, 0.05) is 38.4 Å². The third-order valence-corrected chi connectivity index (χ3v) is 6.51. The molecule has 6 nitrogen and oxygen atoms in total. The van der Waals surface area contributed by atoms with Gasteiger partial charge in [-0.3, -0.25) is 4.90 Å². The Kier molecular flexibility index (Phi) is 2.49. The maximum atomic E-state index is 9.47. The molecule has 0 bridgehead atoms. The van der Waals surface area contributed by atoms with E-state index in [1.807, 2.05) is 0 Å². The second-order valence-electron chi connectivity index (χ2n) is 9.09. The van der Waals surface area contributed by atoms with Crippen LogP contribution in [0.3, 0.4) is 0 Å². The number of anilines is 3. The number of fused-ring (bicyclic) bond motifs is 6. The molecule has 0 saturated heterocycles. The molecule has 0 atom stereocenters. The number of aromatic nitrogens is 3. The summed E-state index contributed by atoms with van der Waals surface area (Å²) in [6, 6.07) is -21.1. The van der Waals surface area contributed by atoms with Crippen LogP contribution in [0.2, 0.25) is 0 Å². The summed E-state index contributed by atoms with van der Waals surface area (Å²) >= 11 is 0. The van der Waals surface area contributed by atoms with Crippen molar-refractivity contribution in [2.24, 2.45) is 0 Å². The number of hydrogen-bond acceptors (Lipinski definition) is 6. The van der Waals surface area contributed by atoms with Gasteiger partial charge >= 0.3 is 0 Å².